The maximum absolute atomic E-state index is 11.7. The number of carbonyl (C=O) groups is 2. The van der Waals surface area contributed by atoms with E-state index in [0.717, 1.165) is 0 Å². The molecule has 0 fully saturated rings. The van der Waals surface area contributed by atoms with Crippen LogP contribution in [-0.2, 0) is 4.79 Å². The Kier molecular flexibility index (Phi) is 4.32. The van der Waals surface area contributed by atoms with Crippen molar-refractivity contribution >= 4 is 29.1 Å². The Labute approximate surface area is 111 Å². The van der Waals surface area contributed by atoms with E-state index in [0.29, 0.717) is 11.3 Å². The molecule has 2 amide bonds. The van der Waals surface area contributed by atoms with E-state index >= 15 is 0 Å². The van der Waals surface area contributed by atoms with Crippen molar-refractivity contribution in [2.24, 2.45) is 5.73 Å². The highest BCUT2D eigenvalue weighted by Crippen LogP contribution is 2.21. The quantitative estimate of drug-likeness (QED) is 0.775. The molecule has 0 aliphatic carbocycles. The summed E-state index contributed by atoms with van der Waals surface area (Å²) in [6, 6.07) is 4.65. The Morgan fingerprint density at radius 2 is 1.94 bits per heavy atom. The fraction of sp³-hybridized carbons (Fsp3) is 0.333. The first-order chi connectivity index (χ1) is 8.25. The molecule has 1 aromatic carbocycles. The van der Waals surface area contributed by atoms with Crippen LogP contribution in [0.4, 0.5) is 5.69 Å². The van der Waals surface area contributed by atoms with Crippen LogP contribution in [0.3, 0.4) is 0 Å². The highest BCUT2D eigenvalue weighted by molar-refractivity contribution is 6.34. The van der Waals surface area contributed by atoms with Crippen LogP contribution < -0.4 is 16.4 Å². The summed E-state index contributed by atoms with van der Waals surface area (Å²) >= 11 is 5.96. The lowest BCUT2D eigenvalue weighted by Gasteiger charge is -2.18. The molecule has 0 aliphatic heterocycles. The van der Waals surface area contributed by atoms with Gasteiger partial charge in [-0.2, -0.15) is 0 Å². The number of carbonyl (C=O) groups excluding carboxylic acids is 2. The van der Waals surface area contributed by atoms with Crippen LogP contribution >= 0.6 is 11.6 Å². The van der Waals surface area contributed by atoms with Crippen molar-refractivity contribution in [3.63, 3.8) is 0 Å². The van der Waals surface area contributed by atoms with Gasteiger partial charge in [0.25, 0.3) is 5.91 Å². The summed E-state index contributed by atoms with van der Waals surface area (Å²) in [4.78, 5) is 23.1. The van der Waals surface area contributed by atoms with E-state index < -0.39 is 5.54 Å². The second kappa shape index (κ2) is 5.37. The minimum absolute atomic E-state index is 0.266. The normalized spacial score (nSPS) is 10.9. The number of nitrogens with one attached hydrogen (secondary N) is 2. The number of rotatable bonds is 3. The van der Waals surface area contributed by atoms with Crippen molar-refractivity contribution in [3.8, 4) is 0 Å². The first-order valence-corrected chi connectivity index (χ1v) is 5.75. The number of hydrogen-bond donors (Lipinski definition) is 3. The molecule has 0 saturated heterocycles. The van der Waals surface area contributed by atoms with E-state index in [4.69, 9.17) is 17.3 Å². The number of benzene rings is 1. The average molecular weight is 270 g/mol. The first kappa shape index (κ1) is 14.5. The summed E-state index contributed by atoms with van der Waals surface area (Å²) in [6.07, 6.45) is 0. The van der Waals surface area contributed by atoms with Gasteiger partial charge in [-0.1, -0.05) is 11.6 Å². The Morgan fingerprint density at radius 1 is 1.33 bits per heavy atom. The van der Waals surface area contributed by atoms with Crippen molar-refractivity contribution in [3.05, 3.63) is 28.8 Å². The summed E-state index contributed by atoms with van der Waals surface area (Å²) in [5.74, 6) is -0.608. The SMILES string of the molecule is CNC(=O)c1ccc(NC(=O)C(C)(C)N)cc1Cl. The third-order valence-electron chi connectivity index (χ3n) is 2.28. The Hall–Kier alpha value is -1.59. The van der Waals surface area contributed by atoms with Crippen LogP contribution in [-0.4, -0.2) is 24.4 Å². The largest absolute Gasteiger partial charge is 0.355 e. The number of amides is 2. The molecule has 4 N–H and O–H groups in total. The van der Waals surface area contributed by atoms with Gasteiger partial charge in [-0.05, 0) is 32.0 Å². The number of hydrogen-bond acceptors (Lipinski definition) is 3. The van der Waals surface area contributed by atoms with Crippen LogP contribution in [0.5, 0.6) is 0 Å². The van der Waals surface area contributed by atoms with Gasteiger partial charge < -0.3 is 16.4 Å². The summed E-state index contributed by atoms with van der Waals surface area (Å²) in [7, 11) is 1.52. The second-order valence-corrected chi connectivity index (χ2v) is 4.86. The van der Waals surface area contributed by atoms with Crippen LogP contribution in [0, 0.1) is 0 Å². The van der Waals surface area contributed by atoms with Crippen molar-refractivity contribution in [2.45, 2.75) is 19.4 Å². The van der Waals surface area contributed by atoms with Gasteiger partial charge >= 0.3 is 0 Å². The zero-order valence-corrected chi connectivity index (χ0v) is 11.3. The zero-order valence-electron chi connectivity index (χ0n) is 10.5. The van der Waals surface area contributed by atoms with Crippen LogP contribution in [0.1, 0.15) is 24.2 Å². The van der Waals surface area contributed by atoms with Gasteiger partial charge in [0.2, 0.25) is 5.91 Å². The van der Waals surface area contributed by atoms with Crippen LogP contribution in [0.15, 0.2) is 18.2 Å². The van der Waals surface area contributed by atoms with Gasteiger partial charge in [-0.15, -0.1) is 0 Å². The van der Waals surface area contributed by atoms with Gasteiger partial charge in [-0.3, -0.25) is 9.59 Å². The molecule has 0 spiro atoms. The van der Waals surface area contributed by atoms with E-state index in [-0.39, 0.29) is 16.8 Å². The van der Waals surface area contributed by atoms with E-state index in [1.165, 1.54) is 13.1 Å². The zero-order chi connectivity index (χ0) is 13.9. The molecule has 0 saturated carbocycles. The lowest BCUT2D eigenvalue weighted by molar-refractivity contribution is -0.120. The van der Waals surface area contributed by atoms with E-state index in [2.05, 4.69) is 10.6 Å². The average Bonchev–Trinajstić information content (AvgIpc) is 2.27. The predicted molar refractivity (Wildman–Crippen MR) is 71.7 cm³/mol. The van der Waals surface area contributed by atoms with Gasteiger partial charge in [0, 0.05) is 12.7 Å². The fourth-order valence-corrected chi connectivity index (χ4v) is 1.47. The van der Waals surface area contributed by atoms with Crippen molar-refractivity contribution in [2.75, 3.05) is 12.4 Å². The first-order valence-electron chi connectivity index (χ1n) is 5.37. The molecule has 18 heavy (non-hydrogen) atoms. The number of halogens is 1. The minimum atomic E-state index is -0.980. The molecule has 1 rings (SSSR count). The third-order valence-corrected chi connectivity index (χ3v) is 2.60. The predicted octanol–water partition coefficient (Wildman–Crippen LogP) is 1.38. The van der Waals surface area contributed by atoms with Crippen LogP contribution in [0.25, 0.3) is 0 Å². The maximum atomic E-state index is 11.7. The van der Waals surface area contributed by atoms with Crippen molar-refractivity contribution in [1.29, 1.82) is 0 Å². The highest BCUT2D eigenvalue weighted by atomic mass is 35.5. The Balaban J connectivity index is 2.92. The topological polar surface area (TPSA) is 84.2 Å². The summed E-state index contributed by atoms with van der Waals surface area (Å²) in [5.41, 5.74) is 5.52. The lowest BCUT2D eigenvalue weighted by atomic mass is 10.1. The van der Waals surface area contributed by atoms with Gasteiger partial charge in [-0.25, -0.2) is 0 Å². The van der Waals surface area contributed by atoms with E-state index in [1.807, 2.05) is 0 Å². The smallest absolute Gasteiger partial charge is 0.252 e. The lowest BCUT2D eigenvalue weighted by Crippen LogP contribution is -2.45. The summed E-state index contributed by atoms with van der Waals surface area (Å²) in [6.45, 7) is 3.20. The molecule has 98 valence electrons. The molecule has 0 unspecified atom stereocenters. The second-order valence-electron chi connectivity index (χ2n) is 4.45. The maximum Gasteiger partial charge on any atom is 0.252 e. The molecular formula is C12H16ClN3O2. The number of nitrogens with two attached hydrogens (primary N) is 1. The summed E-state index contributed by atoms with van der Waals surface area (Å²) in [5, 5.41) is 5.37. The third kappa shape index (κ3) is 3.45. The van der Waals surface area contributed by atoms with E-state index in [1.54, 1.807) is 26.0 Å². The molecular weight excluding hydrogens is 254 g/mol. The molecule has 0 aromatic heterocycles. The Morgan fingerprint density at radius 3 is 2.39 bits per heavy atom. The molecule has 0 heterocycles. The number of anilines is 1. The fourth-order valence-electron chi connectivity index (χ4n) is 1.20. The molecule has 1 aromatic rings. The van der Waals surface area contributed by atoms with Gasteiger partial charge in [0.1, 0.15) is 0 Å². The van der Waals surface area contributed by atoms with Crippen molar-refractivity contribution in [1.82, 2.24) is 5.32 Å². The molecule has 6 heteroatoms. The van der Waals surface area contributed by atoms with Gasteiger partial charge in [0.05, 0.1) is 16.1 Å². The molecule has 0 bridgehead atoms. The van der Waals surface area contributed by atoms with Crippen molar-refractivity contribution < 1.29 is 9.59 Å². The minimum Gasteiger partial charge on any atom is -0.355 e. The molecule has 5 nitrogen and oxygen atoms in total. The standard InChI is InChI=1S/C12H16ClN3O2/c1-12(2,14)11(18)16-7-4-5-8(9(13)6-7)10(17)15-3/h4-6H,14H2,1-3H3,(H,15,17)(H,16,18). The Bertz CT molecular complexity index is 481. The van der Waals surface area contributed by atoms with E-state index in [9.17, 15) is 9.59 Å². The molecule has 0 atom stereocenters. The van der Waals surface area contributed by atoms with Gasteiger partial charge in [0.15, 0.2) is 0 Å². The van der Waals surface area contributed by atoms with Crippen LogP contribution in [0.2, 0.25) is 5.02 Å². The monoisotopic (exact) mass is 269 g/mol. The highest BCUT2D eigenvalue weighted by Gasteiger charge is 2.22. The summed E-state index contributed by atoms with van der Waals surface area (Å²) < 4.78 is 0. The molecule has 0 radical (unpaired) electrons. The molecule has 0 aliphatic rings.